The van der Waals surface area contributed by atoms with Crippen molar-refractivity contribution in [3.63, 3.8) is 0 Å². The van der Waals surface area contributed by atoms with Crippen LogP contribution in [-0.2, 0) is 11.8 Å². The van der Waals surface area contributed by atoms with Crippen molar-refractivity contribution in [1.29, 1.82) is 0 Å². The lowest BCUT2D eigenvalue weighted by atomic mass is 9.53. The number of phenolic OH excluding ortho intramolecular Hbond substituents is 1. The molecule has 4 nitrogen and oxygen atoms in total. The van der Waals surface area contributed by atoms with Gasteiger partial charge in [-0.05, 0) is 11.6 Å². The van der Waals surface area contributed by atoms with Crippen molar-refractivity contribution in [2.45, 2.75) is 36.5 Å². The molecule has 21 heavy (non-hydrogen) atoms. The predicted octanol–water partition coefficient (Wildman–Crippen LogP) is -0.219. The standard InChI is InChI=1S/C17H19NO3/c1-18-7-6-17-10-3-5-13(20)16(17)21-15-12(19)4-2-9(14(15)17)8-11(10)18/h2-5,10-11,13,16,19-20H,6-8H2,1H3/p+1/t10-,11+,13-,16-,17-/m0/s1. The van der Waals surface area contributed by atoms with Crippen LogP contribution in [-0.4, -0.2) is 42.1 Å². The summed E-state index contributed by atoms with van der Waals surface area (Å²) in [6.07, 6.45) is 5.31. The number of likely N-dealkylation sites (N-methyl/N-ethyl adjacent to an activating group) is 1. The molecule has 4 aliphatic rings. The van der Waals surface area contributed by atoms with Crippen LogP contribution in [0.15, 0.2) is 24.3 Å². The number of phenols is 1. The van der Waals surface area contributed by atoms with Gasteiger partial charge in [-0.3, -0.25) is 0 Å². The Balaban J connectivity index is 1.84. The van der Waals surface area contributed by atoms with Crippen molar-refractivity contribution >= 4 is 0 Å². The van der Waals surface area contributed by atoms with Crippen molar-refractivity contribution in [2.24, 2.45) is 5.92 Å². The van der Waals surface area contributed by atoms with Crippen molar-refractivity contribution in [1.82, 2.24) is 0 Å². The van der Waals surface area contributed by atoms with Gasteiger partial charge in [-0.15, -0.1) is 0 Å². The van der Waals surface area contributed by atoms with Gasteiger partial charge in [0.25, 0.3) is 0 Å². The summed E-state index contributed by atoms with van der Waals surface area (Å²) in [5.74, 6) is 1.24. The molecule has 4 heteroatoms. The number of rotatable bonds is 0. The van der Waals surface area contributed by atoms with Crippen LogP contribution in [0.25, 0.3) is 0 Å². The minimum Gasteiger partial charge on any atom is -0.504 e. The molecule has 110 valence electrons. The van der Waals surface area contributed by atoms with Gasteiger partial charge in [-0.25, -0.2) is 0 Å². The smallest absolute Gasteiger partial charge is 0.165 e. The number of aromatic hydroxyl groups is 1. The number of hydrogen-bond acceptors (Lipinski definition) is 3. The lowest BCUT2D eigenvalue weighted by molar-refractivity contribution is -0.917. The summed E-state index contributed by atoms with van der Waals surface area (Å²) in [7, 11) is 2.27. The zero-order valence-corrected chi connectivity index (χ0v) is 12.0. The lowest BCUT2D eigenvalue weighted by Crippen LogP contribution is -3.16. The molecule has 1 aromatic carbocycles. The maximum Gasteiger partial charge on any atom is 0.165 e. The molecule has 0 aromatic heterocycles. The molecule has 2 aliphatic heterocycles. The fourth-order valence-electron chi connectivity index (χ4n) is 5.38. The van der Waals surface area contributed by atoms with E-state index in [1.165, 1.54) is 11.1 Å². The number of piperidine rings is 1. The van der Waals surface area contributed by atoms with Gasteiger partial charge in [-0.2, -0.15) is 0 Å². The molecule has 3 N–H and O–H groups in total. The van der Waals surface area contributed by atoms with Crippen molar-refractivity contribution in [3.05, 3.63) is 35.4 Å². The van der Waals surface area contributed by atoms with E-state index < -0.39 is 6.10 Å². The second-order valence-corrected chi connectivity index (χ2v) is 7.09. The summed E-state index contributed by atoms with van der Waals surface area (Å²) in [4.78, 5) is 1.57. The maximum atomic E-state index is 10.4. The van der Waals surface area contributed by atoms with Gasteiger partial charge >= 0.3 is 0 Å². The number of ether oxygens (including phenoxy) is 1. The van der Waals surface area contributed by atoms with Gasteiger partial charge in [0.1, 0.15) is 12.2 Å². The Bertz CT molecular complexity index is 670. The summed E-state index contributed by atoms with van der Waals surface area (Å²) in [5, 5.41) is 20.7. The largest absolute Gasteiger partial charge is 0.504 e. The van der Waals surface area contributed by atoms with Crippen LogP contribution in [0.1, 0.15) is 17.5 Å². The quantitative estimate of drug-likeness (QED) is 0.578. The Kier molecular flexibility index (Phi) is 2.08. The predicted molar refractivity (Wildman–Crippen MR) is 76.7 cm³/mol. The Morgan fingerprint density at radius 3 is 3.05 bits per heavy atom. The van der Waals surface area contributed by atoms with Gasteiger partial charge in [0.2, 0.25) is 0 Å². The molecule has 1 spiro atoms. The monoisotopic (exact) mass is 286 g/mol. The Morgan fingerprint density at radius 1 is 1.33 bits per heavy atom. The van der Waals surface area contributed by atoms with E-state index in [-0.39, 0.29) is 17.3 Å². The van der Waals surface area contributed by atoms with Crippen molar-refractivity contribution in [3.8, 4) is 11.5 Å². The summed E-state index contributed by atoms with van der Waals surface area (Å²) in [6, 6.07) is 4.33. The van der Waals surface area contributed by atoms with Crippen molar-refractivity contribution in [2.75, 3.05) is 13.6 Å². The molecule has 2 bridgehead atoms. The molecule has 0 saturated carbocycles. The number of likely N-dealkylation sites (tertiary alicyclic amines) is 1. The molecule has 1 aromatic rings. The molecule has 2 aliphatic carbocycles. The number of nitrogens with one attached hydrogen (secondary N) is 1. The molecule has 5 rings (SSSR count). The van der Waals surface area contributed by atoms with E-state index in [4.69, 9.17) is 4.74 Å². The second kappa shape index (κ2) is 3.62. The highest BCUT2D eigenvalue weighted by Gasteiger charge is 2.65. The van der Waals surface area contributed by atoms with E-state index in [2.05, 4.69) is 13.1 Å². The van der Waals surface area contributed by atoms with Crippen LogP contribution in [0.5, 0.6) is 11.5 Å². The number of quaternary nitrogens is 1. The van der Waals surface area contributed by atoms with E-state index in [9.17, 15) is 10.2 Å². The van der Waals surface area contributed by atoms with Crippen LogP contribution >= 0.6 is 0 Å². The van der Waals surface area contributed by atoms with E-state index >= 15 is 0 Å². The third kappa shape index (κ3) is 1.21. The van der Waals surface area contributed by atoms with Gasteiger partial charge in [-0.1, -0.05) is 18.2 Å². The van der Waals surface area contributed by atoms with E-state index in [0.717, 1.165) is 19.4 Å². The number of aliphatic hydroxyl groups excluding tert-OH is 1. The number of hydrogen-bond donors (Lipinski definition) is 3. The molecule has 0 radical (unpaired) electrons. The molecule has 1 unspecified atom stereocenters. The van der Waals surface area contributed by atoms with Crippen LogP contribution in [0.2, 0.25) is 0 Å². The average Bonchev–Trinajstić information content (AvgIpc) is 2.83. The summed E-state index contributed by atoms with van der Waals surface area (Å²) < 4.78 is 6.10. The van der Waals surface area contributed by atoms with Crippen LogP contribution in [0.3, 0.4) is 0 Å². The summed E-state index contributed by atoms with van der Waals surface area (Å²) >= 11 is 0. The second-order valence-electron chi connectivity index (χ2n) is 7.09. The minimum absolute atomic E-state index is 0.139. The van der Waals surface area contributed by atoms with Gasteiger partial charge in [0.15, 0.2) is 11.5 Å². The highest BCUT2D eigenvalue weighted by atomic mass is 16.5. The fraction of sp³-hybridized carbons (Fsp3) is 0.529. The molecular formula is C17H20NO3+. The summed E-state index contributed by atoms with van der Waals surface area (Å²) in [6.45, 7) is 1.09. The molecule has 2 heterocycles. The number of aliphatic hydroxyl groups is 1. The van der Waals surface area contributed by atoms with Crippen LogP contribution < -0.4 is 9.64 Å². The first-order valence-corrected chi connectivity index (χ1v) is 7.83. The summed E-state index contributed by atoms with van der Waals surface area (Å²) in [5.41, 5.74) is 2.35. The zero-order valence-electron chi connectivity index (χ0n) is 12.0. The third-order valence-electron chi connectivity index (χ3n) is 6.30. The normalized spacial score (nSPS) is 45.1. The Hall–Kier alpha value is -1.52. The fourth-order valence-corrected chi connectivity index (χ4v) is 5.38. The van der Waals surface area contributed by atoms with Crippen LogP contribution in [0.4, 0.5) is 0 Å². The average molecular weight is 286 g/mol. The molecule has 1 fully saturated rings. The van der Waals surface area contributed by atoms with E-state index in [1.807, 2.05) is 12.1 Å². The Morgan fingerprint density at radius 2 is 2.19 bits per heavy atom. The van der Waals surface area contributed by atoms with Gasteiger partial charge in [0.05, 0.1) is 25.0 Å². The van der Waals surface area contributed by atoms with Gasteiger partial charge < -0.3 is 19.8 Å². The molecule has 1 saturated heterocycles. The highest BCUT2D eigenvalue weighted by Crippen LogP contribution is 2.60. The van der Waals surface area contributed by atoms with Crippen LogP contribution in [0, 0.1) is 5.92 Å². The zero-order chi connectivity index (χ0) is 14.4. The first-order chi connectivity index (χ1) is 10.1. The first-order valence-electron chi connectivity index (χ1n) is 7.83. The third-order valence-corrected chi connectivity index (χ3v) is 6.30. The van der Waals surface area contributed by atoms with E-state index in [0.29, 0.717) is 17.7 Å². The molecule has 6 atom stereocenters. The SMILES string of the molecule is C[NH+]1CC[C@]23c4c5ccc(O)c4O[C@H]2[C@@H](O)C=C[C@H]3[C@H]1C5. The topological polar surface area (TPSA) is 54.1 Å². The minimum atomic E-state index is -0.585. The maximum absolute atomic E-state index is 10.4. The Labute approximate surface area is 123 Å². The molecular weight excluding hydrogens is 266 g/mol. The molecule has 0 amide bonds. The van der Waals surface area contributed by atoms with E-state index in [1.54, 1.807) is 11.0 Å². The lowest BCUT2D eigenvalue weighted by Gasteiger charge is -2.54. The highest BCUT2D eigenvalue weighted by molar-refractivity contribution is 5.61. The van der Waals surface area contributed by atoms with Gasteiger partial charge in [0, 0.05) is 24.3 Å². The first kappa shape index (κ1) is 12.1. The number of benzene rings is 1. The van der Waals surface area contributed by atoms with Crippen molar-refractivity contribution < 1.29 is 19.8 Å².